The normalized spacial score (nSPS) is 11.7. The van der Waals surface area contributed by atoms with Crippen molar-refractivity contribution in [3.63, 3.8) is 0 Å². The highest BCUT2D eigenvalue weighted by atomic mass is 35.5. The summed E-state index contributed by atoms with van der Waals surface area (Å²) in [5.41, 5.74) is 2.69. The van der Waals surface area contributed by atoms with Crippen LogP contribution in [0.5, 0.6) is 0 Å². The summed E-state index contributed by atoms with van der Waals surface area (Å²) in [7, 11) is 1.73. The van der Waals surface area contributed by atoms with Gasteiger partial charge in [0.05, 0.1) is 6.42 Å². The Kier molecular flexibility index (Phi) is 4.57. The van der Waals surface area contributed by atoms with Crippen molar-refractivity contribution in [3.8, 4) is 10.4 Å². The van der Waals surface area contributed by atoms with Gasteiger partial charge in [-0.05, 0) is 36.2 Å². The molecule has 3 nitrogen and oxygen atoms in total. The molecule has 0 atom stereocenters. The second-order valence-corrected chi connectivity index (χ2v) is 5.84. The zero-order chi connectivity index (χ0) is 14.7. The predicted octanol–water partition coefficient (Wildman–Crippen LogP) is 4.13. The number of thiophene rings is 1. The van der Waals surface area contributed by atoms with Crippen LogP contribution >= 0.6 is 22.9 Å². The monoisotopic (exact) mass is 307 g/mol. The Labute approximate surface area is 126 Å². The molecule has 0 saturated carbocycles. The van der Waals surface area contributed by atoms with Crippen molar-refractivity contribution in [2.24, 2.45) is 4.99 Å². The summed E-state index contributed by atoms with van der Waals surface area (Å²) in [5, 5.41) is 9.70. The maximum atomic E-state index is 11.0. The number of carbonyl (C=O) groups is 1. The first-order chi connectivity index (χ1) is 9.51. The molecule has 0 aliphatic carbocycles. The Morgan fingerprint density at radius 2 is 2.00 bits per heavy atom. The molecule has 0 bridgehead atoms. The van der Waals surface area contributed by atoms with E-state index in [1.54, 1.807) is 18.4 Å². The van der Waals surface area contributed by atoms with E-state index in [1.807, 2.05) is 37.3 Å². The number of carboxylic acid groups (broad SMARTS) is 1. The van der Waals surface area contributed by atoms with Crippen LogP contribution < -0.4 is 0 Å². The third kappa shape index (κ3) is 3.26. The summed E-state index contributed by atoms with van der Waals surface area (Å²) in [5.74, 6) is -0.837. The van der Waals surface area contributed by atoms with Gasteiger partial charge in [-0.1, -0.05) is 23.7 Å². The van der Waals surface area contributed by atoms with Crippen molar-refractivity contribution >= 4 is 34.6 Å². The molecule has 0 spiro atoms. The van der Waals surface area contributed by atoms with Gasteiger partial charge in [-0.15, -0.1) is 11.3 Å². The van der Waals surface area contributed by atoms with Gasteiger partial charge in [0.2, 0.25) is 0 Å². The second-order valence-electron chi connectivity index (χ2n) is 4.35. The number of benzene rings is 1. The van der Waals surface area contributed by atoms with Gasteiger partial charge < -0.3 is 5.11 Å². The van der Waals surface area contributed by atoms with E-state index in [0.717, 1.165) is 26.6 Å². The van der Waals surface area contributed by atoms with Gasteiger partial charge in [-0.25, -0.2) is 0 Å². The highest BCUT2D eigenvalue weighted by Gasteiger charge is 2.15. The molecule has 1 heterocycles. The minimum Gasteiger partial charge on any atom is -0.481 e. The van der Waals surface area contributed by atoms with E-state index in [9.17, 15) is 4.79 Å². The third-order valence-electron chi connectivity index (χ3n) is 2.95. The standard InChI is InChI=1S/C15H14ClNO2S/c1-9(17-2)13-7-11(8-14(18)19)15(20-13)10-3-5-12(16)6-4-10/h3-7H,8H2,1-2H3,(H,18,19). The molecule has 2 rings (SSSR count). The summed E-state index contributed by atoms with van der Waals surface area (Å²) in [6.07, 6.45) is 0.00541. The van der Waals surface area contributed by atoms with Crippen LogP contribution in [-0.4, -0.2) is 23.8 Å². The molecule has 0 aliphatic rings. The smallest absolute Gasteiger partial charge is 0.307 e. The largest absolute Gasteiger partial charge is 0.481 e. The van der Waals surface area contributed by atoms with E-state index in [2.05, 4.69) is 4.99 Å². The first kappa shape index (κ1) is 14.8. The van der Waals surface area contributed by atoms with Crippen molar-refractivity contribution in [1.82, 2.24) is 0 Å². The van der Waals surface area contributed by atoms with Gasteiger partial charge in [-0.2, -0.15) is 0 Å². The molecule has 0 unspecified atom stereocenters. The number of hydrogen-bond donors (Lipinski definition) is 1. The summed E-state index contributed by atoms with van der Waals surface area (Å²) in [6, 6.07) is 9.33. The minimum absolute atomic E-state index is 0.00541. The van der Waals surface area contributed by atoms with Crippen molar-refractivity contribution < 1.29 is 9.90 Å². The van der Waals surface area contributed by atoms with Gasteiger partial charge in [0.1, 0.15) is 0 Å². The Hall–Kier alpha value is -1.65. The Bertz CT molecular complexity index is 659. The lowest BCUT2D eigenvalue weighted by Crippen LogP contribution is -2.00. The molecule has 20 heavy (non-hydrogen) atoms. The minimum atomic E-state index is -0.837. The van der Waals surface area contributed by atoms with E-state index in [-0.39, 0.29) is 6.42 Å². The molecule has 0 amide bonds. The van der Waals surface area contributed by atoms with Gasteiger partial charge in [-0.3, -0.25) is 9.79 Å². The first-order valence-corrected chi connectivity index (χ1v) is 7.25. The lowest BCUT2D eigenvalue weighted by molar-refractivity contribution is -0.136. The van der Waals surface area contributed by atoms with E-state index >= 15 is 0 Å². The fourth-order valence-corrected chi connectivity index (χ4v) is 3.16. The highest BCUT2D eigenvalue weighted by Crippen LogP contribution is 2.34. The van der Waals surface area contributed by atoms with E-state index < -0.39 is 5.97 Å². The number of rotatable bonds is 4. The summed E-state index contributed by atoms with van der Waals surface area (Å²) < 4.78 is 0. The summed E-state index contributed by atoms with van der Waals surface area (Å²) in [6.45, 7) is 1.92. The molecule has 0 fully saturated rings. The molecule has 0 radical (unpaired) electrons. The molecular weight excluding hydrogens is 294 g/mol. The van der Waals surface area contributed by atoms with Crippen molar-refractivity contribution in [2.45, 2.75) is 13.3 Å². The average Bonchev–Trinajstić information content (AvgIpc) is 2.82. The zero-order valence-electron chi connectivity index (χ0n) is 11.2. The van der Waals surface area contributed by atoms with Crippen molar-refractivity contribution in [2.75, 3.05) is 7.05 Å². The molecule has 2 aromatic rings. The molecule has 104 valence electrons. The molecule has 0 aliphatic heterocycles. The summed E-state index contributed by atoms with van der Waals surface area (Å²) >= 11 is 7.45. The molecule has 1 aromatic heterocycles. The van der Waals surface area contributed by atoms with Crippen LogP contribution in [0.1, 0.15) is 17.4 Å². The van der Waals surface area contributed by atoms with Crippen molar-refractivity contribution in [1.29, 1.82) is 0 Å². The number of nitrogens with zero attached hydrogens (tertiary/aromatic N) is 1. The maximum absolute atomic E-state index is 11.0. The summed E-state index contributed by atoms with van der Waals surface area (Å²) in [4.78, 5) is 17.1. The zero-order valence-corrected chi connectivity index (χ0v) is 12.8. The van der Waals surface area contributed by atoms with Crippen LogP contribution in [0.15, 0.2) is 35.3 Å². The van der Waals surface area contributed by atoms with Crippen LogP contribution in [0, 0.1) is 0 Å². The Morgan fingerprint density at radius 3 is 2.55 bits per heavy atom. The average molecular weight is 308 g/mol. The van der Waals surface area contributed by atoms with Gasteiger partial charge in [0, 0.05) is 27.5 Å². The van der Waals surface area contributed by atoms with Crippen LogP contribution in [-0.2, 0) is 11.2 Å². The fourth-order valence-electron chi connectivity index (χ4n) is 1.86. The number of halogens is 1. The SMILES string of the molecule is CN=C(C)c1cc(CC(=O)O)c(-c2ccc(Cl)cc2)s1. The maximum Gasteiger partial charge on any atom is 0.307 e. The number of aliphatic carboxylic acids is 1. The molecule has 5 heteroatoms. The van der Waals surface area contributed by atoms with Crippen LogP contribution in [0.4, 0.5) is 0 Å². The van der Waals surface area contributed by atoms with Crippen molar-refractivity contribution in [3.05, 3.63) is 45.8 Å². The van der Waals surface area contributed by atoms with E-state index in [1.165, 1.54) is 0 Å². The molecule has 0 saturated heterocycles. The van der Waals surface area contributed by atoms with Gasteiger partial charge >= 0.3 is 5.97 Å². The first-order valence-electron chi connectivity index (χ1n) is 6.05. The number of aliphatic imine (C=N–C) groups is 1. The fraction of sp³-hybridized carbons (Fsp3) is 0.200. The van der Waals surface area contributed by atoms with Gasteiger partial charge in [0.25, 0.3) is 0 Å². The number of carboxylic acids is 1. The third-order valence-corrected chi connectivity index (χ3v) is 4.54. The van der Waals surface area contributed by atoms with E-state index in [4.69, 9.17) is 16.7 Å². The van der Waals surface area contributed by atoms with Crippen LogP contribution in [0.2, 0.25) is 5.02 Å². The molecule has 1 aromatic carbocycles. The second kappa shape index (κ2) is 6.20. The Balaban J connectivity index is 2.51. The van der Waals surface area contributed by atoms with Crippen LogP contribution in [0.3, 0.4) is 0 Å². The lowest BCUT2D eigenvalue weighted by atomic mass is 10.1. The molecule has 1 N–H and O–H groups in total. The Morgan fingerprint density at radius 1 is 1.35 bits per heavy atom. The predicted molar refractivity (Wildman–Crippen MR) is 84.2 cm³/mol. The topological polar surface area (TPSA) is 49.7 Å². The quantitative estimate of drug-likeness (QED) is 0.863. The van der Waals surface area contributed by atoms with E-state index in [0.29, 0.717) is 5.02 Å². The highest BCUT2D eigenvalue weighted by molar-refractivity contribution is 7.17. The molecular formula is C15H14ClNO2S. The lowest BCUT2D eigenvalue weighted by Gasteiger charge is -2.01. The number of hydrogen-bond acceptors (Lipinski definition) is 3. The van der Waals surface area contributed by atoms with Gasteiger partial charge in [0.15, 0.2) is 0 Å². The van der Waals surface area contributed by atoms with Crippen LogP contribution in [0.25, 0.3) is 10.4 Å².